The third-order valence-corrected chi connectivity index (χ3v) is 3.59. The number of aliphatic carboxylic acids is 1. The van der Waals surface area contributed by atoms with E-state index < -0.39 is 12.0 Å². The zero-order valence-electron chi connectivity index (χ0n) is 10.9. The van der Waals surface area contributed by atoms with E-state index in [0.717, 1.165) is 0 Å². The Balaban J connectivity index is 0. The molecule has 98 valence electrons. The van der Waals surface area contributed by atoms with Crippen molar-refractivity contribution in [3.05, 3.63) is 0 Å². The molecule has 0 radical (unpaired) electrons. The zero-order chi connectivity index (χ0) is 13.2. The van der Waals surface area contributed by atoms with Crippen LogP contribution in [-0.2, 0) is 4.79 Å². The minimum atomic E-state index is -1.00. The van der Waals surface area contributed by atoms with E-state index in [0.29, 0.717) is 0 Å². The molecule has 0 amide bonds. The molecule has 0 fully saturated rings. The molecule has 0 heterocycles. The Morgan fingerprint density at radius 2 is 1.50 bits per heavy atom. The molecule has 0 aliphatic rings. The number of hydrogen-bond acceptors (Lipinski definition) is 3. The van der Waals surface area contributed by atoms with Crippen LogP contribution in [-0.4, -0.2) is 53.5 Å². The number of carboxylic acid groups (broad SMARTS) is 1. The van der Waals surface area contributed by atoms with Crippen LogP contribution in [0.25, 0.3) is 0 Å². The average molecular weight is 251 g/mol. The van der Waals surface area contributed by atoms with Crippen molar-refractivity contribution < 1.29 is 14.4 Å². The number of quaternary nitrogens is 1. The summed E-state index contributed by atoms with van der Waals surface area (Å²) in [4.78, 5) is 9.76. The highest BCUT2D eigenvalue weighted by Crippen LogP contribution is 2.03. The van der Waals surface area contributed by atoms with Gasteiger partial charge in [0.05, 0.1) is 26.2 Å². The van der Waals surface area contributed by atoms with E-state index in [4.69, 9.17) is 10.8 Å². The summed E-state index contributed by atoms with van der Waals surface area (Å²) < 4.78 is 1.28. The van der Waals surface area contributed by atoms with Crippen LogP contribution < -0.4 is 5.73 Å². The van der Waals surface area contributed by atoms with Gasteiger partial charge in [0, 0.05) is 5.75 Å². The molecule has 3 N–H and O–H groups in total. The smallest absolute Gasteiger partial charge is 0.321 e. The monoisotopic (exact) mass is 251 g/mol. The molecule has 0 aromatic rings. The Bertz CT molecular complexity index is 167. The lowest BCUT2D eigenvalue weighted by Gasteiger charge is -2.34. The lowest BCUT2D eigenvalue weighted by molar-refractivity contribution is -0.921. The Kier molecular flexibility index (Phi) is 11.2. The molecule has 0 bridgehead atoms. The molecule has 4 nitrogen and oxygen atoms in total. The molecular weight excluding hydrogens is 224 g/mol. The van der Waals surface area contributed by atoms with Crippen LogP contribution in [0.4, 0.5) is 0 Å². The van der Waals surface area contributed by atoms with Crippen molar-refractivity contribution >= 4 is 18.6 Å². The van der Waals surface area contributed by atoms with Gasteiger partial charge in [0.25, 0.3) is 0 Å². The fourth-order valence-electron chi connectivity index (χ4n) is 1.42. The van der Waals surface area contributed by atoms with E-state index >= 15 is 0 Å². The molecule has 0 spiro atoms. The first-order valence-corrected chi connectivity index (χ1v) is 6.50. The minimum absolute atomic E-state index is 0.190. The van der Waals surface area contributed by atoms with Crippen LogP contribution in [0.2, 0.25) is 0 Å². The van der Waals surface area contributed by atoms with E-state index in [-0.39, 0.29) is 5.75 Å². The van der Waals surface area contributed by atoms with Gasteiger partial charge < -0.3 is 15.3 Å². The number of hydrogen-bond donors (Lipinski definition) is 3. The molecule has 0 aromatic heterocycles. The molecule has 16 heavy (non-hydrogen) atoms. The summed E-state index contributed by atoms with van der Waals surface area (Å²) in [6.45, 7) is 14.2. The normalized spacial score (nSPS) is 12.6. The highest BCUT2D eigenvalue weighted by atomic mass is 32.1. The van der Waals surface area contributed by atoms with Gasteiger partial charge in [-0.2, -0.15) is 12.6 Å². The molecule has 5 heteroatoms. The number of carboxylic acids is 1. The van der Waals surface area contributed by atoms with Crippen molar-refractivity contribution in [1.29, 1.82) is 0 Å². The summed E-state index contributed by atoms with van der Waals surface area (Å²) in [7, 11) is 0. The van der Waals surface area contributed by atoms with E-state index in [9.17, 15) is 4.79 Å². The molecule has 1 unspecified atom stereocenters. The van der Waals surface area contributed by atoms with Crippen LogP contribution in [0.5, 0.6) is 0 Å². The second-order valence-corrected chi connectivity index (χ2v) is 4.10. The number of rotatable bonds is 6. The van der Waals surface area contributed by atoms with Gasteiger partial charge in [-0.3, -0.25) is 4.79 Å². The second kappa shape index (κ2) is 9.93. The third-order valence-electron chi connectivity index (χ3n) is 3.20. The Labute approximate surface area is 105 Å². The third kappa shape index (κ3) is 7.09. The second-order valence-electron chi connectivity index (χ2n) is 3.73. The number of carbonyl (C=O) groups is 1. The minimum Gasteiger partial charge on any atom is -0.480 e. The van der Waals surface area contributed by atoms with Crippen molar-refractivity contribution in [1.82, 2.24) is 0 Å². The molecule has 0 aliphatic heterocycles. The fraction of sp³-hybridized carbons (Fsp3) is 0.909. The Hall–Kier alpha value is -0.260. The highest BCUT2D eigenvalue weighted by Gasteiger charge is 2.16. The summed E-state index contributed by atoms with van der Waals surface area (Å²) in [5, 5.41) is 8.01. The predicted molar refractivity (Wildman–Crippen MR) is 71.9 cm³/mol. The van der Waals surface area contributed by atoms with E-state index in [1.165, 1.54) is 30.7 Å². The summed E-state index contributed by atoms with van der Waals surface area (Å²) in [5.74, 6) is -0.815. The van der Waals surface area contributed by atoms with Crippen molar-refractivity contribution in [3.8, 4) is 0 Å². The quantitative estimate of drug-likeness (QED) is 0.491. The predicted octanol–water partition coefficient (Wildman–Crippen LogP) is 1.21. The fourth-order valence-corrected chi connectivity index (χ4v) is 1.58. The summed E-state index contributed by atoms with van der Waals surface area (Å²) in [6, 6.07) is -0.816. The maximum absolute atomic E-state index is 9.76. The van der Waals surface area contributed by atoms with Gasteiger partial charge in [0.1, 0.15) is 6.04 Å². The first-order valence-electron chi connectivity index (χ1n) is 5.87. The Morgan fingerprint density at radius 1 is 1.19 bits per heavy atom. The lowest BCUT2D eigenvalue weighted by Crippen LogP contribution is -2.47. The maximum Gasteiger partial charge on any atom is 0.321 e. The van der Waals surface area contributed by atoms with E-state index in [2.05, 4.69) is 40.3 Å². The molecule has 0 aromatic carbocycles. The van der Waals surface area contributed by atoms with Gasteiger partial charge in [0.15, 0.2) is 0 Å². The van der Waals surface area contributed by atoms with Gasteiger partial charge >= 0.3 is 5.97 Å². The zero-order valence-corrected chi connectivity index (χ0v) is 11.8. The number of nitrogens with zero attached hydrogens (tertiary/aromatic N) is 1. The van der Waals surface area contributed by atoms with Crippen molar-refractivity contribution in [2.45, 2.75) is 33.7 Å². The van der Waals surface area contributed by atoms with Gasteiger partial charge in [-0.25, -0.2) is 0 Å². The number of nitrogens with two attached hydrogens (primary N) is 1. The molecule has 0 saturated carbocycles. The standard InChI is InChI=1S/C8H20N.C3H7NO2S/c1-5-9(6-2,7-3)8-4;4-2(1-7)3(5)6/h5-8H2,1-4H3;2,7H,1,4H2,(H,5,6)/q+1;. The molecule has 0 rings (SSSR count). The van der Waals surface area contributed by atoms with Gasteiger partial charge in [-0.05, 0) is 27.7 Å². The Morgan fingerprint density at radius 3 is 1.50 bits per heavy atom. The van der Waals surface area contributed by atoms with Crippen LogP contribution in [0.3, 0.4) is 0 Å². The first-order chi connectivity index (χ1) is 7.42. The molecule has 0 saturated heterocycles. The molecular formula is C11H27N2O2S+. The maximum atomic E-state index is 9.76. The number of thiol groups is 1. The van der Waals surface area contributed by atoms with Crippen molar-refractivity contribution in [2.24, 2.45) is 5.73 Å². The summed E-state index contributed by atoms with van der Waals surface area (Å²) in [5.41, 5.74) is 4.94. The topological polar surface area (TPSA) is 63.3 Å². The lowest BCUT2D eigenvalue weighted by atomic mass is 10.3. The van der Waals surface area contributed by atoms with Gasteiger partial charge in [-0.15, -0.1) is 0 Å². The summed E-state index contributed by atoms with van der Waals surface area (Å²) >= 11 is 3.65. The van der Waals surface area contributed by atoms with Gasteiger partial charge in [-0.1, -0.05) is 0 Å². The highest BCUT2D eigenvalue weighted by molar-refractivity contribution is 7.80. The van der Waals surface area contributed by atoms with Crippen LogP contribution in [0.1, 0.15) is 27.7 Å². The first kappa shape index (κ1) is 18.1. The van der Waals surface area contributed by atoms with E-state index in [1.54, 1.807) is 0 Å². The molecule has 0 aliphatic carbocycles. The van der Waals surface area contributed by atoms with Crippen LogP contribution >= 0.6 is 12.6 Å². The van der Waals surface area contributed by atoms with Gasteiger partial charge in [0.2, 0.25) is 0 Å². The average Bonchev–Trinajstić information content (AvgIpc) is 2.32. The van der Waals surface area contributed by atoms with E-state index in [1.807, 2.05) is 0 Å². The summed E-state index contributed by atoms with van der Waals surface area (Å²) in [6.07, 6.45) is 0. The largest absolute Gasteiger partial charge is 0.480 e. The molecule has 1 atom stereocenters. The van der Waals surface area contributed by atoms with Crippen molar-refractivity contribution in [3.63, 3.8) is 0 Å². The van der Waals surface area contributed by atoms with Crippen LogP contribution in [0.15, 0.2) is 0 Å². The van der Waals surface area contributed by atoms with Crippen molar-refractivity contribution in [2.75, 3.05) is 31.9 Å². The van der Waals surface area contributed by atoms with Crippen LogP contribution in [0, 0.1) is 0 Å². The SMILES string of the molecule is CC[N+](CC)(CC)CC.NC(CS)C(=O)O.